The number of nitrogens with zero attached hydrogens (tertiary/aromatic N) is 1. The lowest BCUT2D eigenvalue weighted by Gasteiger charge is -2.30. The number of carbonyl (C=O) groups is 3. The van der Waals surface area contributed by atoms with Crippen LogP contribution in [0.15, 0.2) is 35.9 Å². The van der Waals surface area contributed by atoms with E-state index in [4.69, 9.17) is 25.7 Å². The molecule has 1 aromatic carbocycles. The van der Waals surface area contributed by atoms with Gasteiger partial charge in [0.25, 0.3) is 11.8 Å². The van der Waals surface area contributed by atoms with Gasteiger partial charge in [0.1, 0.15) is 11.9 Å². The van der Waals surface area contributed by atoms with Gasteiger partial charge in [0.2, 0.25) is 7.34 Å². The van der Waals surface area contributed by atoms with Gasteiger partial charge in [0.05, 0.1) is 38.3 Å². The lowest BCUT2D eigenvalue weighted by Crippen LogP contribution is -2.50. The predicted molar refractivity (Wildman–Crippen MR) is 107 cm³/mol. The molecule has 4 unspecified atom stereocenters. The van der Waals surface area contributed by atoms with Gasteiger partial charge in [-0.3, -0.25) is 14.4 Å². The van der Waals surface area contributed by atoms with Crippen LogP contribution in [0.1, 0.15) is 23.7 Å². The molecule has 1 fully saturated rings. The molecule has 166 valence electrons. The third kappa shape index (κ3) is 4.86. The van der Waals surface area contributed by atoms with E-state index in [1.807, 2.05) is 0 Å². The molecule has 10 nitrogen and oxygen atoms in total. The van der Waals surface area contributed by atoms with Gasteiger partial charge in [-0.25, -0.2) is 4.90 Å². The lowest BCUT2D eigenvalue weighted by molar-refractivity contribution is -0.145. The number of ether oxygens (including phenoxy) is 3. The number of amides is 3. The van der Waals surface area contributed by atoms with Crippen LogP contribution in [0.4, 0.5) is 0 Å². The van der Waals surface area contributed by atoms with E-state index >= 15 is 0 Å². The monoisotopic (exact) mass is 434 g/mol. The molecule has 1 saturated heterocycles. The molecule has 0 aliphatic carbocycles. The summed E-state index contributed by atoms with van der Waals surface area (Å²) in [5.41, 5.74) is 0.357. The lowest BCUT2D eigenvalue weighted by atomic mass is 9.90. The van der Waals surface area contributed by atoms with E-state index in [9.17, 15) is 14.4 Å². The second-order valence-electron chi connectivity index (χ2n) is 7.36. The molecule has 2 heterocycles. The number of rotatable bonds is 8. The van der Waals surface area contributed by atoms with Crippen LogP contribution in [0.25, 0.3) is 0 Å². The van der Waals surface area contributed by atoms with Crippen molar-refractivity contribution in [1.82, 2.24) is 4.90 Å². The van der Waals surface area contributed by atoms with Crippen molar-refractivity contribution in [2.45, 2.75) is 31.7 Å². The van der Waals surface area contributed by atoms with Gasteiger partial charge in [-0.1, -0.05) is 6.08 Å². The summed E-state index contributed by atoms with van der Waals surface area (Å²) in [4.78, 5) is 39.4. The third-order valence-electron chi connectivity index (χ3n) is 5.27. The second-order valence-corrected chi connectivity index (χ2v) is 7.36. The van der Waals surface area contributed by atoms with Gasteiger partial charge in [0, 0.05) is 17.6 Å². The molecule has 0 bridgehead atoms. The van der Waals surface area contributed by atoms with Crippen LogP contribution in [0, 0.1) is 5.92 Å². The van der Waals surface area contributed by atoms with Crippen LogP contribution in [0.2, 0.25) is 0 Å². The first-order chi connectivity index (χ1) is 15.3. The van der Waals surface area contributed by atoms with Crippen molar-refractivity contribution in [3.8, 4) is 5.75 Å². The summed E-state index contributed by atoms with van der Waals surface area (Å²) >= 11 is 0. The number of benzene rings is 1. The molecule has 2 aliphatic heterocycles. The van der Waals surface area contributed by atoms with Crippen LogP contribution < -0.4 is 4.74 Å². The van der Waals surface area contributed by atoms with Crippen molar-refractivity contribution in [3.05, 3.63) is 41.5 Å². The molecular weight excluding hydrogens is 409 g/mol. The predicted octanol–water partition coefficient (Wildman–Crippen LogP) is -0.686. The van der Waals surface area contributed by atoms with Crippen molar-refractivity contribution in [1.29, 1.82) is 1.43 Å². The Morgan fingerprint density at radius 2 is 2.03 bits per heavy atom. The largest absolute Gasteiger partial charge is 0.497 e. The molecule has 0 saturated carbocycles. The molecule has 2 aliphatic rings. The van der Waals surface area contributed by atoms with Crippen LogP contribution >= 0.6 is 0 Å². The van der Waals surface area contributed by atoms with E-state index in [0.717, 1.165) is 0 Å². The first-order valence-electron chi connectivity index (χ1n) is 10.1. The van der Waals surface area contributed by atoms with Crippen molar-refractivity contribution in [3.63, 3.8) is 0 Å². The van der Waals surface area contributed by atoms with Crippen molar-refractivity contribution < 1.29 is 43.8 Å². The molecule has 0 spiro atoms. The molecule has 1 aromatic rings. The minimum atomic E-state index is -1.69. The highest BCUT2D eigenvalue weighted by Gasteiger charge is 2.47. The van der Waals surface area contributed by atoms with Crippen LogP contribution in [0.3, 0.4) is 0 Å². The molecule has 0 aromatic heterocycles. The Bertz CT molecular complexity index is 892. The van der Waals surface area contributed by atoms with E-state index in [1.54, 1.807) is 12.1 Å². The van der Waals surface area contributed by atoms with Gasteiger partial charge in [0.15, 0.2) is 0 Å². The summed E-state index contributed by atoms with van der Waals surface area (Å²) in [7, 11) is -0.216. The third-order valence-corrected chi connectivity index (χ3v) is 5.27. The van der Waals surface area contributed by atoms with E-state index in [-0.39, 0.29) is 30.7 Å². The van der Waals surface area contributed by atoms with Gasteiger partial charge in [-0.05, 0) is 31.2 Å². The minimum Gasteiger partial charge on any atom is -0.497 e. The van der Waals surface area contributed by atoms with Gasteiger partial charge in [-0.15, -0.1) is 0 Å². The number of carbonyl (C=O) groups excluding carboxylic acids is 3. The second kappa shape index (κ2) is 9.71. The van der Waals surface area contributed by atoms with Crippen molar-refractivity contribution in [2.75, 3.05) is 20.2 Å². The zero-order valence-corrected chi connectivity index (χ0v) is 17.1. The Morgan fingerprint density at radius 3 is 2.65 bits per heavy atom. The smallest absolute Gasteiger partial charge is 0.479 e. The highest BCUT2D eigenvalue weighted by atomic mass is 16.6. The summed E-state index contributed by atoms with van der Waals surface area (Å²) in [6.45, 7) is 0.953. The Kier molecular flexibility index (Phi) is 6.78. The number of hydrogen-bond acceptors (Lipinski definition) is 9. The van der Waals surface area contributed by atoms with Gasteiger partial charge in [-0.2, -0.15) is 0 Å². The molecule has 0 radical (unpaired) electrons. The van der Waals surface area contributed by atoms with E-state index in [1.165, 1.54) is 32.2 Å². The first-order valence-corrected chi connectivity index (χ1v) is 9.73. The minimum absolute atomic E-state index is 0.145. The van der Waals surface area contributed by atoms with E-state index in [0.29, 0.717) is 10.6 Å². The maximum Gasteiger partial charge on any atom is 0.479 e. The maximum atomic E-state index is 13.2. The maximum absolute atomic E-state index is 13.2. The zero-order chi connectivity index (χ0) is 23.4. The summed E-state index contributed by atoms with van der Waals surface area (Å²) in [6.07, 6.45) is -0.551. The van der Waals surface area contributed by atoms with Gasteiger partial charge < -0.3 is 29.4 Å². The Balaban J connectivity index is 1.82. The van der Waals surface area contributed by atoms with Crippen LogP contribution in [-0.2, 0) is 19.1 Å². The molecule has 31 heavy (non-hydrogen) atoms. The number of methoxy groups -OCH3 is 1. The summed E-state index contributed by atoms with van der Waals surface area (Å²) in [5, 5.41) is 22.5. The average Bonchev–Trinajstić information content (AvgIpc) is 3.17. The van der Waals surface area contributed by atoms with Gasteiger partial charge >= 0.3 is 7.12 Å². The average molecular weight is 434 g/mol. The van der Waals surface area contributed by atoms with Crippen molar-refractivity contribution >= 4 is 24.8 Å². The fourth-order valence-corrected chi connectivity index (χ4v) is 3.67. The number of aliphatic hydroxyl groups is 1. The standard InChI is InChI=1S/C20H24BNO9/c1-11-7-14(15-8-16(17(9-23)31-15)30-10-21(27)28)20(26)22(18(11)24)19(25)12-3-5-13(29-2)6-4-12/h3-7,14-17,23,27-28H,8-10H2,1-2H3/i23D. The first kappa shape index (κ1) is 21.7. The molecule has 3 rings (SSSR count). The number of imide groups is 3. The topological polar surface area (TPSA) is 143 Å². The fourth-order valence-electron chi connectivity index (χ4n) is 3.67. The molecule has 3 N–H and O–H groups in total. The highest BCUT2D eigenvalue weighted by Crippen LogP contribution is 2.33. The van der Waals surface area contributed by atoms with E-state index in [2.05, 4.69) is 5.11 Å². The van der Waals surface area contributed by atoms with Crippen LogP contribution in [-0.4, -0.2) is 84.9 Å². The van der Waals surface area contributed by atoms with Crippen molar-refractivity contribution in [2.24, 2.45) is 5.92 Å². The molecular formula is C20H24BNO9. The van der Waals surface area contributed by atoms with E-state index < -0.39 is 49.1 Å². The summed E-state index contributed by atoms with van der Waals surface area (Å²) in [6, 6.07) is 6.02. The molecule has 3 amide bonds. The Morgan fingerprint density at radius 1 is 1.32 bits per heavy atom. The molecule has 4 atom stereocenters. The quantitative estimate of drug-likeness (QED) is 0.358. The zero-order valence-electron chi connectivity index (χ0n) is 18.1. The normalized spacial score (nSPS) is 26.5. The number of hydrogen-bond donors (Lipinski definition) is 3. The Hall–Kier alpha value is -2.57. The Labute approximate surface area is 180 Å². The number of aliphatic hydroxyl groups excluding tert-OH is 1. The SMILES string of the molecule is [2H]OCC1OC(C2C=C(C)C(=O)N(C(=O)c3ccc(OC)cc3)C2=O)CC1OCB(O)O. The fraction of sp³-hybridized carbons (Fsp3) is 0.450. The summed E-state index contributed by atoms with van der Waals surface area (Å²) < 4.78 is 23.3. The summed E-state index contributed by atoms with van der Waals surface area (Å²) in [5.74, 6) is -2.64. The molecule has 11 heteroatoms. The van der Waals surface area contributed by atoms with Crippen LogP contribution in [0.5, 0.6) is 5.75 Å². The highest BCUT2D eigenvalue weighted by molar-refractivity contribution is 6.40.